The van der Waals surface area contributed by atoms with E-state index in [9.17, 15) is 0 Å². The monoisotopic (exact) mass is 250 g/mol. The third kappa shape index (κ3) is 2.70. The molecule has 0 aliphatic carbocycles. The molecule has 0 radical (unpaired) electrons. The van der Waals surface area contributed by atoms with E-state index in [2.05, 4.69) is 23.2 Å². The lowest BCUT2D eigenvalue weighted by molar-refractivity contribution is 0.355. The van der Waals surface area contributed by atoms with Crippen LogP contribution in [-0.4, -0.2) is 39.9 Å². The number of benzene rings is 1. The average Bonchev–Trinajstić information content (AvgIpc) is 2.87. The summed E-state index contributed by atoms with van der Waals surface area (Å²) in [4.78, 5) is 2.38. The van der Waals surface area contributed by atoms with Crippen molar-refractivity contribution in [1.82, 2.24) is 5.32 Å². The Bertz CT molecular complexity index is 395. The first-order chi connectivity index (χ1) is 8.78. The van der Waals surface area contributed by atoms with E-state index >= 15 is 0 Å². The lowest BCUT2D eigenvalue weighted by Crippen LogP contribution is -2.32. The molecule has 1 fully saturated rings. The summed E-state index contributed by atoms with van der Waals surface area (Å²) in [5.41, 5.74) is 1.20. The number of ether oxygens (including phenoxy) is 2. The first-order valence-corrected chi connectivity index (χ1v) is 6.48. The van der Waals surface area contributed by atoms with E-state index in [-0.39, 0.29) is 0 Å². The normalized spacial score (nSPS) is 19.1. The standard InChI is InChI=1S/C14H22N2O2/c1-4-15-11-7-8-16(10-11)12-5-6-13(17-2)14(9-12)18-3/h5-6,9,11,15H,4,7-8,10H2,1-3H3. The molecule has 1 aromatic carbocycles. The number of hydrogen-bond donors (Lipinski definition) is 1. The van der Waals surface area contributed by atoms with E-state index < -0.39 is 0 Å². The molecule has 18 heavy (non-hydrogen) atoms. The van der Waals surface area contributed by atoms with Gasteiger partial charge < -0.3 is 19.7 Å². The molecule has 1 aliphatic heterocycles. The minimum Gasteiger partial charge on any atom is -0.493 e. The summed E-state index contributed by atoms with van der Waals surface area (Å²) in [6, 6.07) is 6.71. The summed E-state index contributed by atoms with van der Waals surface area (Å²) < 4.78 is 10.6. The molecule has 0 bridgehead atoms. The first kappa shape index (κ1) is 13.0. The SMILES string of the molecule is CCNC1CCN(c2ccc(OC)c(OC)c2)C1. The highest BCUT2D eigenvalue weighted by atomic mass is 16.5. The zero-order valence-electron chi connectivity index (χ0n) is 11.4. The van der Waals surface area contributed by atoms with Crippen molar-refractivity contribution in [3.05, 3.63) is 18.2 Å². The van der Waals surface area contributed by atoms with Crippen LogP contribution in [0.2, 0.25) is 0 Å². The van der Waals surface area contributed by atoms with Gasteiger partial charge in [0.05, 0.1) is 14.2 Å². The summed E-state index contributed by atoms with van der Waals surface area (Å²) in [6.45, 7) is 5.33. The second-order valence-electron chi connectivity index (χ2n) is 4.53. The first-order valence-electron chi connectivity index (χ1n) is 6.48. The van der Waals surface area contributed by atoms with Gasteiger partial charge in [0.1, 0.15) is 0 Å². The highest BCUT2D eigenvalue weighted by molar-refractivity contribution is 5.57. The van der Waals surface area contributed by atoms with Gasteiger partial charge in [-0.2, -0.15) is 0 Å². The number of nitrogens with zero attached hydrogens (tertiary/aromatic N) is 1. The second kappa shape index (κ2) is 5.96. The predicted molar refractivity (Wildman–Crippen MR) is 73.8 cm³/mol. The zero-order valence-corrected chi connectivity index (χ0v) is 11.4. The van der Waals surface area contributed by atoms with Crippen LogP contribution in [0.5, 0.6) is 11.5 Å². The molecule has 1 heterocycles. The van der Waals surface area contributed by atoms with Gasteiger partial charge in [0.2, 0.25) is 0 Å². The molecule has 4 nitrogen and oxygen atoms in total. The molecular formula is C14H22N2O2. The van der Waals surface area contributed by atoms with Crippen molar-refractivity contribution in [2.24, 2.45) is 0 Å². The third-order valence-corrected chi connectivity index (χ3v) is 3.41. The fourth-order valence-electron chi connectivity index (χ4n) is 2.47. The summed E-state index contributed by atoms with van der Waals surface area (Å²) >= 11 is 0. The maximum atomic E-state index is 5.34. The van der Waals surface area contributed by atoms with Crippen LogP contribution in [0.1, 0.15) is 13.3 Å². The van der Waals surface area contributed by atoms with Gasteiger partial charge in [0, 0.05) is 30.9 Å². The predicted octanol–water partition coefficient (Wildman–Crippen LogP) is 1.89. The van der Waals surface area contributed by atoms with Gasteiger partial charge in [-0.25, -0.2) is 0 Å². The van der Waals surface area contributed by atoms with E-state index in [4.69, 9.17) is 9.47 Å². The zero-order chi connectivity index (χ0) is 13.0. The van der Waals surface area contributed by atoms with Crippen LogP contribution in [-0.2, 0) is 0 Å². The molecule has 1 atom stereocenters. The van der Waals surface area contributed by atoms with E-state index in [0.29, 0.717) is 6.04 Å². The maximum Gasteiger partial charge on any atom is 0.162 e. The van der Waals surface area contributed by atoms with Crippen LogP contribution in [0.15, 0.2) is 18.2 Å². The van der Waals surface area contributed by atoms with E-state index in [1.165, 1.54) is 12.1 Å². The topological polar surface area (TPSA) is 33.7 Å². The quantitative estimate of drug-likeness (QED) is 0.865. The molecule has 100 valence electrons. The molecule has 0 aromatic heterocycles. The average molecular weight is 250 g/mol. The van der Waals surface area contributed by atoms with Crippen LogP contribution < -0.4 is 19.7 Å². The van der Waals surface area contributed by atoms with Gasteiger partial charge in [-0.3, -0.25) is 0 Å². The van der Waals surface area contributed by atoms with E-state index in [0.717, 1.165) is 31.1 Å². The highest BCUT2D eigenvalue weighted by Gasteiger charge is 2.22. The van der Waals surface area contributed by atoms with Gasteiger partial charge in [-0.05, 0) is 25.1 Å². The van der Waals surface area contributed by atoms with E-state index in [1.807, 2.05) is 12.1 Å². The number of anilines is 1. The highest BCUT2D eigenvalue weighted by Crippen LogP contribution is 2.32. The Balaban J connectivity index is 2.10. The van der Waals surface area contributed by atoms with Gasteiger partial charge in [-0.15, -0.1) is 0 Å². The van der Waals surface area contributed by atoms with Gasteiger partial charge in [0.25, 0.3) is 0 Å². The molecule has 1 saturated heterocycles. The van der Waals surface area contributed by atoms with Crippen LogP contribution >= 0.6 is 0 Å². The summed E-state index contributed by atoms with van der Waals surface area (Å²) in [6.07, 6.45) is 1.20. The molecule has 1 N–H and O–H groups in total. The number of nitrogens with one attached hydrogen (secondary N) is 1. The molecule has 1 unspecified atom stereocenters. The van der Waals surface area contributed by atoms with Crippen molar-refractivity contribution in [3.63, 3.8) is 0 Å². The maximum absolute atomic E-state index is 5.34. The van der Waals surface area contributed by atoms with Crippen LogP contribution in [0.3, 0.4) is 0 Å². The molecule has 2 rings (SSSR count). The molecule has 4 heteroatoms. The number of methoxy groups -OCH3 is 2. The smallest absolute Gasteiger partial charge is 0.162 e. The number of hydrogen-bond acceptors (Lipinski definition) is 4. The Hall–Kier alpha value is -1.42. The van der Waals surface area contributed by atoms with Crippen LogP contribution in [0.4, 0.5) is 5.69 Å². The van der Waals surface area contributed by atoms with Crippen LogP contribution in [0.25, 0.3) is 0 Å². The minimum atomic E-state index is 0.600. The largest absolute Gasteiger partial charge is 0.493 e. The molecule has 1 aromatic rings. The lowest BCUT2D eigenvalue weighted by atomic mass is 10.2. The van der Waals surface area contributed by atoms with Gasteiger partial charge in [0.15, 0.2) is 11.5 Å². The van der Waals surface area contributed by atoms with Crippen molar-refractivity contribution in [2.75, 3.05) is 38.8 Å². The lowest BCUT2D eigenvalue weighted by Gasteiger charge is -2.20. The Morgan fingerprint density at radius 2 is 2.06 bits per heavy atom. The Morgan fingerprint density at radius 1 is 1.28 bits per heavy atom. The van der Waals surface area contributed by atoms with Crippen molar-refractivity contribution in [1.29, 1.82) is 0 Å². The fourth-order valence-corrected chi connectivity index (χ4v) is 2.47. The molecular weight excluding hydrogens is 228 g/mol. The minimum absolute atomic E-state index is 0.600. The molecule has 0 saturated carbocycles. The molecule has 1 aliphatic rings. The summed E-state index contributed by atoms with van der Waals surface area (Å²) in [5, 5.41) is 3.50. The number of likely N-dealkylation sites (N-methyl/N-ethyl adjacent to an activating group) is 1. The van der Waals surface area contributed by atoms with Crippen molar-refractivity contribution in [3.8, 4) is 11.5 Å². The Kier molecular flexibility index (Phi) is 4.31. The van der Waals surface area contributed by atoms with Gasteiger partial charge >= 0.3 is 0 Å². The van der Waals surface area contributed by atoms with Crippen molar-refractivity contribution < 1.29 is 9.47 Å². The van der Waals surface area contributed by atoms with E-state index in [1.54, 1.807) is 14.2 Å². The number of rotatable bonds is 5. The summed E-state index contributed by atoms with van der Waals surface area (Å²) in [5.74, 6) is 1.57. The van der Waals surface area contributed by atoms with Crippen LogP contribution in [0, 0.1) is 0 Å². The Morgan fingerprint density at radius 3 is 2.72 bits per heavy atom. The Labute approximate surface area is 109 Å². The van der Waals surface area contributed by atoms with Crippen molar-refractivity contribution in [2.45, 2.75) is 19.4 Å². The molecule has 0 amide bonds. The van der Waals surface area contributed by atoms with Gasteiger partial charge in [-0.1, -0.05) is 6.92 Å². The summed E-state index contributed by atoms with van der Waals surface area (Å²) in [7, 11) is 3.33. The van der Waals surface area contributed by atoms with Crippen molar-refractivity contribution >= 4 is 5.69 Å². The fraction of sp³-hybridized carbons (Fsp3) is 0.571. The molecule has 0 spiro atoms. The third-order valence-electron chi connectivity index (χ3n) is 3.41. The second-order valence-corrected chi connectivity index (χ2v) is 4.53.